The number of fused-ring (bicyclic) bond motifs is 10. The second kappa shape index (κ2) is 13.4. The lowest BCUT2D eigenvalue weighted by molar-refractivity contribution is 0.660. The fourth-order valence-electron chi connectivity index (χ4n) is 9.48. The van der Waals surface area contributed by atoms with Gasteiger partial charge >= 0.3 is 0 Å². The van der Waals surface area contributed by atoms with Gasteiger partial charge in [0.15, 0.2) is 5.82 Å². The van der Waals surface area contributed by atoms with Crippen molar-refractivity contribution in [3.05, 3.63) is 199 Å². The molecule has 12 rings (SSSR count). The quantitative estimate of drug-likeness (QED) is 0.163. The highest BCUT2D eigenvalue weighted by Gasteiger charge is 2.35. The Morgan fingerprint density at radius 1 is 0.383 bits per heavy atom. The molecule has 0 fully saturated rings. The number of hydrogen-bond donors (Lipinski definition) is 0. The van der Waals surface area contributed by atoms with Gasteiger partial charge < -0.3 is 0 Å². The highest BCUT2D eigenvalue weighted by atomic mass is 32.1. The summed E-state index contributed by atoms with van der Waals surface area (Å²) in [5.41, 5.74) is 15.6. The average molecular weight is 784 g/mol. The Labute approximate surface area is 352 Å². The first-order valence-corrected chi connectivity index (χ1v) is 21.3. The molecule has 11 aromatic rings. The van der Waals surface area contributed by atoms with E-state index in [0.29, 0.717) is 0 Å². The molecule has 0 spiro atoms. The van der Waals surface area contributed by atoms with E-state index in [1.165, 1.54) is 64.1 Å². The van der Waals surface area contributed by atoms with Crippen LogP contribution in [0, 0.1) is 0 Å². The summed E-state index contributed by atoms with van der Waals surface area (Å²) in [6.07, 6.45) is 0. The van der Waals surface area contributed by atoms with Gasteiger partial charge in [-0.25, -0.2) is 15.0 Å². The predicted molar refractivity (Wildman–Crippen MR) is 252 cm³/mol. The number of benzene rings is 8. The summed E-state index contributed by atoms with van der Waals surface area (Å²) in [6.45, 7) is 4.63. The molecule has 0 amide bonds. The third kappa shape index (κ3) is 5.45. The summed E-state index contributed by atoms with van der Waals surface area (Å²) < 4.78 is 2.56. The number of nitrogens with zero attached hydrogens (tertiary/aromatic N) is 3. The molecule has 3 aromatic heterocycles. The molecule has 60 heavy (non-hydrogen) atoms. The van der Waals surface area contributed by atoms with Crippen molar-refractivity contribution in [2.24, 2.45) is 0 Å². The van der Waals surface area contributed by atoms with Gasteiger partial charge in [-0.05, 0) is 69.8 Å². The molecule has 0 unspecified atom stereocenters. The third-order valence-electron chi connectivity index (χ3n) is 12.5. The van der Waals surface area contributed by atoms with Gasteiger partial charge in [-0.3, -0.25) is 0 Å². The Morgan fingerprint density at radius 3 is 1.80 bits per heavy atom. The molecule has 3 nitrogen and oxygen atoms in total. The fourth-order valence-corrected chi connectivity index (χ4v) is 10.6. The molecule has 0 bridgehead atoms. The predicted octanol–water partition coefficient (Wildman–Crippen LogP) is 15.2. The van der Waals surface area contributed by atoms with Gasteiger partial charge in [-0.15, -0.1) is 11.3 Å². The summed E-state index contributed by atoms with van der Waals surface area (Å²) in [7, 11) is 0. The van der Waals surface area contributed by atoms with Crippen LogP contribution in [0.15, 0.2) is 188 Å². The van der Waals surface area contributed by atoms with Crippen LogP contribution in [0.2, 0.25) is 0 Å². The van der Waals surface area contributed by atoms with E-state index in [2.05, 4.69) is 196 Å². The van der Waals surface area contributed by atoms with Crippen LogP contribution in [0.5, 0.6) is 0 Å². The molecule has 1 aliphatic rings. The fraction of sp³-hybridized carbons (Fsp3) is 0.0536. The zero-order valence-electron chi connectivity index (χ0n) is 33.1. The van der Waals surface area contributed by atoms with E-state index < -0.39 is 0 Å². The molecule has 0 atom stereocenters. The Balaban J connectivity index is 0.973. The zero-order chi connectivity index (χ0) is 40.0. The number of hydrogen-bond acceptors (Lipinski definition) is 4. The van der Waals surface area contributed by atoms with Crippen LogP contribution in [-0.2, 0) is 5.41 Å². The van der Waals surface area contributed by atoms with Gasteiger partial charge in [-0.1, -0.05) is 166 Å². The Bertz CT molecular complexity index is 3490. The van der Waals surface area contributed by atoms with Gasteiger partial charge in [0.1, 0.15) is 0 Å². The Kier molecular flexibility index (Phi) is 7.75. The van der Waals surface area contributed by atoms with Gasteiger partial charge in [0.2, 0.25) is 0 Å². The van der Waals surface area contributed by atoms with Crippen molar-refractivity contribution in [2.75, 3.05) is 0 Å². The molecule has 0 N–H and O–H groups in total. The summed E-state index contributed by atoms with van der Waals surface area (Å²) >= 11 is 1.86. The van der Waals surface area contributed by atoms with Crippen LogP contribution in [0.1, 0.15) is 25.0 Å². The van der Waals surface area contributed by atoms with Crippen LogP contribution < -0.4 is 0 Å². The maximum Gasteiger partial charge on any atom is 0.160 e. The van der Waals surface area contributed by atoms with Gasteiger partial charge in [0.25, 0.3) is 0 Å². The molecule has 1 aliphatic carbocycles. The largest absolute Gasteiger partial charge is 0.247 e. The maximum atomic E-state index is 5.26. The highest BCUT2D eigenvalue weighted by molar-refractivity contribution is 7.26. The van der Waals surface area contributed by atoms with E-state index >= 15 is 0 Å². The molecule has 4 heteroatoms. The van der Waals surface area contributed by atoms with Crippen LogP contribution in [0.3, 0.4) is 0 Å². The van der Waals surface area contributed by atoms with Crippen molar-refractivity contribution in [2.45, 2.75) is 19.3 Å². The molecule has 3 heterocycles. The minimum atomic E-state index is -0.0588. The standard InChI is InChI=1S/C56H37N3S/c1-56(2)45-19-11-9-17-40(45)43-32-39(25-28-46(43)56)55-58-48(35-13-5-3-6-14-35)33-49(59-55)36-23-21-34(22-24-36)38-26-29-50-44(31-38)53-51(60-50)30-27-42-52(53)41-18-10-12-20-47(41)57-54(42)37-15-7-4-8-16-37/h3-33H,1-2H3. The first-order valence-electron chi connectivity index (χ1n) is 20.5. The minimum absolute atomic E-state index is 0.0588. The number of pyridine rings is 1. The smallest absolute Gasteiger partial charge is 0.160 e. The lowest BCUT2D eigenvalue weighted by Crippen LogP contribution is -2.14. The van der Waals surface area contributed by atoms with E-state index in [1.807, 2.05) is 17.4 Å². The van der Waals surface area contributed by atoms with Crippen molar-refractivity contribution in [1.82, 2.24) is 15.0 Å². The topological polar surface area (TPSA) is 38.7 Å². The van der Waals surface area contributed by atoms with Crippen LogP contribution in [0.25, 0.3) is 109 Å². The van der Waals surface area contributed by atoms with Gasteiger partial charge in [0, 0.05) is 64.0 Å². The molecule has 8 aromatic carbocycles. The summed E-state index contributed by atoms with van der Waals surface area (Å²) in [5, 5.41) is 6.18. The Morgan fingerprint density at radius 2 is 1.00 bits per heavy atom. The van der Waals surface area contributed by atoms with E-state index in [4.69, 9.17) is 15.0 Å². The number of thiophene rings is 1. The molecular formula is C56H37N3S. The van der Waals surface area contributed by atoms with E-state index in [0.717, 1.165) is 56.2 Å². The summed E-state index contributed by atoms with van der Waals surface area (Å²) in [6, 6.07) is 67.5. The average Bonchev–Trinajstić information content (AvgIpc) is 3.80. The van der Waals surface area contributed by atoms with Gasteiger partial charge in [0.05, 0.1) is 22.6 Å². The van der Waals surface area contributed by atoms with Crippen molar-refractivity contribution in [1.29, 1.82) is 0 Å². The Hall–Kier alpha value is -7.27. The zero-order valence-corrected chi connectivity index (χ0v) is 34.0. The molecule has 0 radical (unpaired) electrons. The second-order valence-electron chi connectivity index (χ2n) is 16.4. The lowest BCUT2D eigenvalue weighted by Gasteiger charge is -2.21. The molecule has 0 saturated heterocycles. The van der Waals surface area contributed by atoms with Gasteiger partial charge in [-0.2, -0.15) is 0 Å². The monoisotopic (exact) mass is 783 g/mol. The molecule has 0 aliphatic heterocycles. The van der Waals surface area contributed by atoms with Crippen molar-refractivity contribution >= 4 is 53.2 Å². The van der Waals surface area contributed by atoms with E-state index in [1.54, 1.807) is 0 Å². The van der Waals surface area contributed by atoms with Crippen LogP contribution in [0.4, 0.5) is 0 Å². The number of para-hydroxylation sites is 1. The maximum absolute atomic E-state index is 5.26. The summed E-state index contributed by atoms with van der Waals surface area (Å²) in [4.78, 5) is 15.6. The molecular weight excluding hydrogens is 747 g/mol. The van der Waals surface area contributed by atoms with Crippen molar-refractivity contribution in [3.8, 4) is 67.4 Å². The lowest BCUT2D eigenvalue weighted by atomic mass is 9.82. The van der Waals surface area contributed by atoms with Crippen molar-refractivity contribution < 1.29 is 0 Å². The van der Waals surface area contributed by atoms with Crippen molar-refractivity contribution in [3.63, 3.8) is 0 Å². The molecule has 282 valence electrons. The minimum Gasteiger partial charge on any atom is -0.247 e. The second-order valence-corrected chi connectivity index (χ2v) is 17.4. The summed E-state index contributed by atoms with van der Waals surface area (Å²) in [5.74, 6) is 0.723. The SMILES string of the molecule is CC1(C)c2ccccc2-c2cc(-c3nc(-c4ccccc4)cc(-c4ccc(-c5ccc6sc7ccc8c(-c9ccccc9)nc9ccccc9c8c7c6c5)cc4)n3)ccc21. The number of aromatic nitrogens is 3. The van der Waals surface area contributed by atoms with Crippen LogP contribution in [-0.4, -0.2) is 15.0 Å². The number of rotatable bonds is 5. The third-order valence-corrected chi connectivity index (χ3v) is 13.6. The highest BCUT2D eigenvalue weighted by Crippen LogP contribution is 2.50. The van der Waals surface area contributed by atoms with E-state index in [9.17, 15) is 0 Å². The van der Waals surface area contributed by atoms with E-state index in [-0.39, 0.29) is 5.41 Å². The first-order chi connectivity index (χ1) is 29.5. The normalized spacial score (nSPS) is 13.0. The molecule has 0 saturated carbocycles. The first kappa shape index (κ1) is 34.7. The van der Waals surface area contributed by atoms with Crippen LogP contribution >= 0.6 is 11.3 Å².